The van der Waals surface area contributed by atoms with Crippen molar-refractivity contribution in [2.24, 2.45) is 21.5 Å². The molecule has 1 aliphatic carbocycles. The van der Waals surface area contributed by atoms with Crippen LogP contribution >= 0.6 is 15.9 Å². The third-order valence-corrected chi connectivity index (χ3v) is 4.99. The third kappa shape index (κ3) is 2.62. The monoisotopic (exact) mass is 397 g/mol. The largest absolute Gasteiger partial charge is 0.478 e. The molecular formula is C15H17BrFN5O2. The van der Waals surface area contributed by atoms with Gasteiger partial charge in [-0.05, 0) is 53.7 Å². The predicted molar refractivity (Wildman–Crippen MR) is 92.6 cm³/mol. The Bertz CT molecular complexity index is 758. The summed E-state index contributed by atoms with van der Waals surface area (Å²) >= 11 is 3.02. The average Bonchev–Trinajstić information content (AvgIpc) is 2.50. The van der Waals surface area contributed by atoms with E-state index in [0.717, 1.165) is 19.3 Å². The van der Waals surface area contributed by atoms with E-state index in [1.807, 2.05) is 0 Å². The predicted octanol–water partition coefficient (Wildman–Crippen LogP) is 2.40. The van der Waals surface area contributed by atoms with E-state index < -0.39 is 23.0 Å². The van der Waals surface area contributed by atoms with Crippen molar-refractivity contribution in [3.63, 3.8) is 0 Å². The molecule has 1 spiro atoms. The number of aliphatic imine (C=N–C) groups is 2. The Morgan fingerprint density at radius 3 is 2.58 bits per heavy atom. The first kappa shape index (κ1) is 16.7. The number of benzene rings is 1. The van der Waals surface area contributed by atoms with Gasteiger partial charge in [0.1, 0.15) is 11.2 Å². The van der Waals surface area contributed by atoms with Gasteiger partial charge in [0, 0.05) is 0 Å². The van der Waals surface area contributed by atoms with Crippen molar-refractivity contribution >= 4 is 39.5 Å². The molecule has 7 nitrogen and oxygen atoms in total. The van der Waals surface area contributed by atoms with Crippen molar-refractivity contribution < 1.29 is 14.3 Å². The molecule has 0 atom stereocenters. The van der Waals surface area contributed by atoms with Crippen LogP contribution < -0.4 is 16.4 Å². The molecule has 0 amide bonds. The number of hydrogen-bond acceptors (Lipinski definition) is 6. The van der Waals surface area contributed by atoms with Crippen LogP contribution in [0.2, 0.25) is 0 Å². The van der Waals surface area contributed by atoms with Gasteiger partial charge in [-0.1, -0.05) is 6.42 Å². The maximum absolute atomic E-state index is 14.4. The van der Waals surface area contributed by atoms with Crippen molar-refractivity contribution in [3.05, 3.63) is 28.0 Å². The molecule has 0 saturated heterocycles. The van der Waals surface area contributed by atoms with Crippen LogP contribution in [0.25, 0.3) is 0 Å². The number of aromatic carboxylic acids is 1. The molecule has 1 aromatic carbocycles. The maximum atomic E-state index is 14.4. The van der Waals surface area contributed by atoms with Crippen LogP contribution in [0.3, 0.4) is 0 Å². The van der Waals surface area contributed by atoms with E-state index in [0.29, 0.717) is 12.8 Å². The van der Waals surface area contributed by atoms with Gasteiger partial charge in [-0.25, -0.2) is 14.2 Å². The van der Waals surface area contributed by atoms with E-state index >= 15 is 0 Å². The Kier molecular flexibility index (Phi) is 4.20. The van der Waals surface area contributed by atoms with E-state index in [1.54, 1.807) is 0 Å². The zero-order valence-corrected chi connectivity index (χ0v) is 14.4. The second-order valence-electron chi connectivity index (χ2n) is 5.88. The van der Waals surface area contributed by atoms with E-state index in [2.05, 4.69) is 25.9 Å². The zero-order chi connectivity index (χ0) is 17.5. The number of halogens is 2. The number of hydrogen-bond donors (Lipinski definition) is 3. The lowest BCUT2D eigenvalue weighted by Crippen LogP contribution is -2.58. The Morgan fingerprint density at radius 2 is 1.96 bits per heavy atom. The minimum Gasteiger partial charge on any atom is -0.478 e. The lowest BCUT2D eigenvalue weighted by atomic mass is 9.87. The molecule has 2 aliphatic rings. The Balaban J connectivity index is 2.21. The first-order valence-electron chi connectivity index (χ1n) is 7.57. The van der Waals surface area contributed by atoms with Crippen molar-refractivity contribution in [1.29, 1.82) is 0 Å². The Labute approximate surface area is 146 Å². The number of rotatable bonds is 2. The van der Waals surface area contributed by atoms with E-state index in [-0.39, 0.29) is 22.1 Å². The highest BCUT2D eigenvalue weighted by Crippen LogP contribution is 2.41. The van der Waals surface area contributed by atoms with Gasteiger partial charge in [0.05, 0.1) is 10.2 Å². The molecule has 1 heterocycles. The minimum absolute atomic E-state index is 0.0219. The molecule has 3 rings (SSSR count). The highest BCUT2D eigenvalue weighted by Gasteiger charge is 2.44. The lowest BCUT2D eigenvalue weighted by molar-refractivity contribution is 0.0692. The van der Waals surface area contributed by atoms with Gasteiger partial charge >= 0.3 is 5.97 Å². The van der Waals surface area contributed by atoms with Crippen LogP contribution in [0.15, 0.2) is 26.6 Å². The fraction of sp³-hybridized carbons (Fsp3) is 0.400. The molecule has 1 fully saturated rings. The SMILES string of the molecule is NC1=NC2(CCCCC2)N(c2ccc(Br)c(F)c2C(=O)O)C(N)=N1. The van der Waals surface area contributed by atoms with Gasteiger partial charge < -0.3 is 16.6 Å². The summed E-state index contributed by atoms with van der Waals surface area (Å²) in [5.74, 6) is -2.17. The summed E-state index contributed by atoms with van der Waals surface area (Å²) in [4.78, 5) is 21.6. The van der Waals surface area contributed by atoms with Crippen LogP contribution in [0.1, 0.15) is 42.5 Å². The lowest BCUT2D eigenvalue weighted by Gasteiger charge is -2.46. The molecule has 0 unspecified atom stereocenters. The summed E-state index contributed by atoms with van der Waals surface area (Å²) < 4.78 is 14.5. The Morgan fingerprint density at radius 1 is 1.29 bits per heavy atom. The van der Waals surface area contributed by atoms with Gasteiger partial charge in [-0.3, -0.25) is 4.90 Å². The number of nitrogens with two attached hydrogens (primary N) is 2. The number of nitrogens with zero attached hydrogens (tertiary/aromatic N) is 3. The molecule has 24 heavy (non-hydrogen) atoms. The maximum Gasteiger partial charge on any atom is 0.340 e. The van der Waals surface area contributed by atoms with E-state index in [4.69, 9.17) is 11.5 Å². The molecule has 1 saturated carbocycles. The summed E-state index contributed by atoms with van der Waals surface area (Å²) in [6.07, 6.45) is 4.10. The molecule has 9 heteroatoms. The topological polar surface area (TPSA) is 117 Å². The van der Waals surface area contributed by atoms with Gasteiger partial charge in [0.15, 0.2) is 5.82 Å². The molecule has 0 bridgehead atoms. The van der Waals surface area contributed by atoms with Crippen molar-refractivity contribution in [1.82, 2.24) is 0 Å². The van der Waals surface area contributed by atoms with E-state index in [1.165, 1.54) is 17.0 Å². The van der Waals surface area contributed by atoms with Crippen LogP contribution in [0.4, 0.5) is 10.1 Å². The van der Waals surface area contributed by atoms with E-state index in [9.17, 15) is 14.3 Å². The summed E-state index contributed by atoms with van der Waals surface area (Å²) in [7, 11) is 0. The fourth-order valence-corrected chi connectivity index (χ4v) is 3.73. The quantitative estimate of drug-likeness (QED) is 0.707. The third-order valence-electron chi connectivity index (χ3n) is 4.38. The fourth-order valence-electron chi connectivity index (χ4n) is 3.40. The molecule has 1 aromatic rings. The zero-order valence-electron chi connectivity index (χ0n) is 12.8. The average molecular weight is 398 g/mol. The summed E-state index contributed by atoms with van der Waals surface area (Å²) in [5.41, 5.74) is 10.7. The molecular weight excluding hydrogens is 381 g/mol. The molecule has 0 aromatic heterocycles. The summed E-state index contributed by atoms with van der Waals surface area (Å²) in [5, 5.41) is 9.50. The first-order valence-corrected chi connectivity index (χ1v) is 8.36. The van der Waals surface area contributed by atoms with Gasteiger partial charge in [0.25, 0.3) is 0 Å². The molecule has 5 N–H and O–H groups in total. The highest BCUT2D eigenvalue weighted by molar-refractivity contribution is 9.10. The summed E-state index contributed by atoms with van der Waals surface area (Å²) in [6, 6.07) is 2.95. The van der Waals surface area contributed by atoms with Crippen LogP contribution in [-0.4, -0.2) is 28.7 Å². The van der Waals surface area contributed by atoms with Crippen molar-refractivity contribution in [2.75, 3.05) is 4.90 Å². The molecule has 0 radical (unpaired) electrons. The summed E-state index contributed by atoms with van der Waals surface area (Å²) in [6.45, 7) is 0. The van der Waals surface area contributed by atoms with Crippen LogP contribution in [0.5, 0.6) is 0 Å². The molecule has 128 valence electrons. The number of carbonyl (C=O) groups is 1. The van der Waals surface area contributed by atoms with Gasteiger partial charge in [-0.15, -0.1) is 0 Å². The van der Waals surface area contributed by atoms with Crippen molar-refractivity contribution in [3.8, 4) is 0 Å². The standard InChI is InChI=1S/C15H17BrFN5O2/c16-8-4-5-9(10(11(8)17)12(23)24)22-14(19)20-13(18)21-15(22)6-2-1-3-7-15/h4-5H,1-3,6-7H2,(H,23,24)(H4,18,19,20,21). The highest BCUT2D eigenvalue weighted by atomic mass is 79.9. The number of carboxylic acids is 1. The number of anilines is 1. The smallest absolute Gasteiger partial charge is 0.340 e. The second-order valence-corrected chi connectivity index (χ2v) is 6.73. The minimum atomic E-state index is -1.38. The first-order chi connectivity index (χ1) is 11.4. The number of guanidine groups is 2. The van der Waals surface area contributed by atoms with Crippen LogP contribution in [-0.2, 0) is 0 Å². The second kappa shape index (κ2) is 6.04. The van der Waals surface area contributed by atoms with Gasteiger partial charge in [-0.2, -0.15) is 4.99 Å². The Hall–Kier alpha value is -2.16. The van der Waals surface area contributed by atoms with Crippen molar-refractivity contribution in [2.45, 2.75) is 37.8 Å². The van der Waals surface area contributed by atoms with Crippen LogP contribution in [0, 0.1) is 5.82 Å². The molecule has 1 aliphatic heterocycles. The normalized spacial score (nSPS) is 19.8. The number of carboxylic acid groups (broad SMARTS) is 1. The van der Waals surface area contributed by atoms with Gasteiger partial charge in [0.2, 0.25) is 11.9 Å².